The first-order valence-corrected chi connectivity index (χ1v) is 26.3. The summed E-state index contributed by atoms with van der Waals surface area (Å²) in [6.07, 6.45) is 2.78. The lowest BCUT2D eigenvalue weighted by molar-refractivity contribution is -0.140. The fourth-order valence-electron chi connectivity index (χ4n) is 9.25. The minimum absolute atomic E-state index is 0.0618. The predicted octanol–water partition coefficient (Wildman–Crippen LogP) is 7.94. The fraction of sp³-hybridized carbons (Fsp3) is 0.447. The van der Waals surface area contributed by atoms with Gasteiger partial charge in [-0.2, -0.15) is 28.2 Å². The summed E-state index contributed by atoms with van der Waals surface area (Å²) in [5.74, 6) is 1.14. The van der Waals surface area contributed by atoms with Crippen molar-refractivity contribution in [3.8, 4) is 39.5 Å². The van der Waals surface area contributed by atoms with Gasteiger partial charge in [0.05, 0.1) is 29.6 Å². The van der Waals surface area contributed by atoms with Crippen LogP contribution in [0.4, 0.5) is 38.4 Å². The maximum absolute atomic E-state index is 14.9. The van der Waals surface area contributed by atoms with Crippen molar-refractivity contribution >= 4 is 44.5 Å². The average molecular weight is 1060 g/mol. The Labute approximate surface area is 424 Å². The number of benzene rings is 1. The Balaban J connectivity index is 0.874. The number of rotatable bonds is 11. The number of carbonyl (C=O) groups is 1. The Morgan fingerprint density at radius 2 is 1.72 bits per heavy atom. The second-order valence-electron chi connectivity index (χ2n) is 19.5. The van der Waals surface area contributed by atoms with Crippen molar-refractivity contribution in [2.24, 2.45) is 0 Å². The highest BCUT2D eigenvalue weighted by molar-refractivity contribution is 7.89. The van der Waals surface area contributed by atoms with Crippen LogP contribution >= 0.6 is 11.3 Å². The average Bonchev–Trinajstić information content (AvgIpc) is 4.13. The Bertz CT molecular complexity index is 3380. The number of piperazine rings is 1. The third kappa shape index (κ3) is 9.66. The summed E-state index contributed by atoms with van der Waals surface area (Å²) in [5.41, 5.74) is 1.87. The van der Waals surface area contributed by atoms with E-state index >= 15 is 0 Å². The summed E-state index contributed by atoms with van der Waals surface area (Å²) in [6.45, 7) is 8.70. The summed E-state index contributed by atoms with van der Waals surface area (Å²) >= 11 is 0.666. The minimum Gasteiger partial charge on any atom is -0.366 e. The number of pyridine rings is 1. The molecular weight excluding hydrogens is 1010 g/mol. The van der Waals surface area contributed by atoms with Crippen LogP contribution in [0.3, 0.4) is 0 Å². The van der Waals surface area contributed by atoms with Crippen LogP contribution < -0.4 is 19.4 Å². The molecule has 2 amide bonds. The molecule has 2 bridgehead atoms. The molecule has 1 atom stereocenters. The first-order chi connectivity index (χ1) is 35.3. The second-order valence-corrected chi connectivity index (χ2v) is 22.2. The number of hydrogen-bond donors (Lipinski definition) is 1. The third-order valence-electron chi connectivity index (χ3n) is 13.6. The molecule has 1 N–H and O–H groups in total. The van der Waals surface area contributed by atoms with Crippen LogP contribution in [0.2, 0.25) is 0 Å². The number of sulfonamides is 1. The highest BCUT2D eigenvalue weighted by atomic mass is 32.2. The van der Waals surface area contributed by atoms with Gasteiger partial charge in [-0.1, -0.05) is 35.6 Å². The van der Waals surface area contributed by atoms with Crippen molar-refractivity contribution in [3.63, 3.8) is 0 Å². The molecule has 3 fully saturated rings. The summed E-state index contributed by atoms with van der Waals surface area (Å²) in [7, 11) is -4.07. The van der Waals surface area contributed by atoms with Crippen molar-refractivity contribution < 1.29 is 40.0 Å². The molecule has 2 aliphatic carbocycles. The predicted molar refractivity (Wildman–Crippen MR) is 260 cm³/mol. The first kappa shape index (κ1) is 49.2. The molecule has 6 aromatic heterocycles. The molecule has 8 heterocycles. The standard InChI is InChI=1S/C47H49F5N16O4S2/c1-26(2)66-23-34(47(50,51)52)58-39(66)30-8-6-28(7-9-30)21-64-14-5-15-68(72-41-35(38-55-25-57-44(64)59-38)36(29-10-11-29)54-24-56-41)45(69)65-17-16-63(20-27(65)3)32-18-31(74(70,71)62-46(4)12-13-46)22-67-33(32)19-53-40(67)43-61-60-42(73-43)37(48)49/h6-9,18-19,22-27,29,37,62H,5,10-17,20-21H2,1-4H3/t27-/m0/s1. The maximum atomic E-state index is 14.9. The molecule has 4 aliphatic rings. The van der Waals surface area contributed by atoms with Crippen molar-refractivity contribution in [3.05, 3.63) is 83.5 Å². The second kappa shape index (κ2) is 18.7. The van der Waals surface area contributed by atoms with E-state index in [1.165, 1.54) is 39.1 Å². The molecule has 1 aromatic carbocycles. The van der Waals surface area contributed by atoms with Crippen LogP contribution in [-0.4, -0.2) is 123 Å². The molecule has 27 heteroatoms. The van der Waals surface area contributed by atoms with Crippen molar-refractivity contribution in [1.82, 2.24) is 68.7 Å². The molecule has 2 saturated carbocycles. The van der Waals surface area contributed by atoms with Crippen LogP contribution in [0.5, 0.6) is 5.88 Å². The molecule has 1 saturated heterocycles. The number of nitrogens with one attached hydrogen (secondary N) is 1. The number of hydroxylamine groups is 2. The van der Waals surface area contributed by atoms with Crippen LogP contribution in [0.1, 0.15) is 100 Å². The molecule has 7 aromatic rings. The lowest BCUT2D eigenvalue weighted by Gasteiger charge is -2.42. The van der Waals surface area contributed by atoms with Crippen LogP contribution in [0.25, 0.3) is 39.1 Å². The number of fused-ring (bicyclic) bond motifs is 5. The van der Waals surface area contributed by atoms with Gasteiger partial charge in [0.25, 0.3) is 12.3 Å². The van der Waals surface area contributed by atoms with E-state index in [0.29, 0.717) is 77.7 Å². The van der Waals surface area contributed by atoms with E-state index in [-0.39, 0.29) is 71.4 Å². The number of aromatic nitrogens is 11. The van der Waals surface area contributed by atoms with Crippen molar-refractivity contribution in [2.75, 3.05) is 42.5 Å². The Morgan fingerprint density at radius 1 is 0.946 bits per heavy atom. The number of carbonyl (C=O) groups excluding carboxylic acids is 1. The van der Waals surface area contributed by atoms with Gasteiger partial charge in [0.1, 0.15) is 28.9 Å². The number of alkyl halides is 5. The summed E-state index contributed by atoms with van der Waals surface area (Å²) in [6, 6.07) is 7.50. The van der Waals surface area contributed by atoms with Gasteiger partial charge in [0.15, 0.2) is 27.4 Å². The zero-order valence-electron chi connectivity index (χ0n) is 40.4. The molecule has 74 heavy (non-hydrogen) atoms. The van der Waals surface area contributed by atoms with Gasteiger partial charge in [0, 0.05) is 74.2 Å². The largest absolute Gasteiger partial charge is 0.434 e. The van der Waals surface area contributed by atoms with Gasteiger partial charge in [0.2, 0.25) is 16.0 Å². The van der Waals surface area contributed by atoms with Crippen molar-refractivity contribution in [1.29, 1.82) is 0 Å². The first-order valence-electron chi connectivity index (χ1n) is 24.0. The smallest absolute Gasteiger partial charge is 0.366 e. The van der Waals surface area contributed by atoms with E-state index < -0.39 is 50.9 Å². The van der Waals surface area contributed by atoms with Gasteiger partial charge in [-0.25, -0.2) is 51.6 Å². The van der Waals surface area contributed by atoms with Gasteiger partial charge in [-0.3, -0.25) is 4.40 Å². The summed E-state index contributed by atoms with van der Waals surface area (Å²) in [4.78, 5) is 58.6. The topological polar surface area (TPSA) is 211 Å². The molecule has 0 spiro atoms. The monoisotopic (exact) mass is 1060 g/mol. The Kier molecular flexibility index (Phi) is 12.5. The number of urea groups is 1. The number of nitrogens with zero attached hydrogens (tertiary/aromatic N) is 15. The number of anilines is 2. The molecule has 0 unspecified atom stereocenters. The van der Waals surface area contributed by atoms with E-state index in [1.807, 2.05) is 35.8 Å². The van der Waals surface area contributed by atoms with E-state index in [0.717, 1.165) is 24.6 Å². The highest BCUT2D eigenvalue weighted by Crippen LogP contribution is 2.46. The lowest BCUT2D eigenvalue weighted by atomic mass is 10.1. The SMILES string of the molecule is CC(C)n1cc(C(F)(F)F)nc1-c1ccc(CN2CCCN(C(=O)N3CCN(c4cc(S(=O)(=O)NC5(C)CC5)cn5c(-c6nnc(C(F)F)s6)ncc45)C[C@@H]3C)Oc3ncnc(C4CC4)c3-c3ncnc2n3)cc1. The number of halogens is 5. The summed E-state index contributed by atoms with van der Waals surface area (Å²) in [5, 5.41) is 8.45. The van der Waals surface area contributed by atoms with Crippen LogP contribution in [-0.2, 0) is 22.7 Å². The zero-order valence-corrected chi connectivity index (χ0v) is 42.0. The number of imidazole rings is 2. The van der Waals surface area contributed by atoms with Gasteiger partial charge in [-0.15, -0.1) is 10.2 Å². The van der Waals surface area contributed by atoms with Gasteiger partial charge < -0.3 is 24.1 Å². The Morgan fingerprint density at radius 3 is 2.41 bits per heavy atom. The van der Waals surface area contributed by atoms with Crippen LogP contribution in [0.15, 0.2) is 66.5 Å². The van der Waals surface area contributed by atoms with E-state index in [4.69, 9.17) is 9.82 Å². The molecule has 2 aliphatic heterocycles. The van der Waals surface area contributed by atoms with Gasteiger partial charge >= 0.3 is 12.2 Å². The number of amides is 2. The molecule has 20 nitrogen and oxygen atoms in total. The quantitative estimate of drug-likeness (QED) is 0.122. The zero-order chi connectivity index (χ0) is 51.8. The number of hydrogen-bond acceptors (Lipinski definition) is 16. The molecule has 388 valence electrons. The summed E-state index contributed by atoms with van der Waals surface area (Å²) < 4.78 is 102. The fourth-order valence-corrected chi connectivity index (χ4v) is 11.4. The Hall–Kier alpha value is -7.00. The molecular formula is C47H49F5N16O4S2. The maximum Gasteiger partial charge on any atom is 0.434 e. The van der Waals surface area contributed by atoms with E-state index in [9.17, 15) is 35.2 Å². The minimum atomic E-state index is -4.60. The molecule has 11 rings (SSSR count). The van der Waals surface area contributed by atoms with Gasteiger partial charge in [-0.05, 0) is 71.4 Å². The van der Waals surface area contributed by atoms with E-state index in [2.05, 4.69) is 44.8 Å². The van der Waals surface area contributed by atoms with Crippen LogP contribution in [0, 0.1) is 0 Å². The molecule has 0 radical (unpaired) electrons. The van der Waals surface area contributed by atoms with E-state index in [1.54, 1.807) is 36.9 Å². The van der Waals surface area contributed by atoms with Crippen molar-refractivity contribution in [2.45, 2.75) is 107 Å². The third-order valence-corrected chi connectivity index (χ3v) is 16.1. The normalized spacial score (nSPS) is 18.2. The highest BCUT2D eigenvalue weighted by Gasteiger charge is 2.42. The lowest BCUT2D eigenvalue weighted by Crippen LogP contribution is -2.58.